The molecule has 0 bridgehead atoms. The molecule has 2 fully saturated rings. The predicted molar refractivity (Wildman–Crippen MR) is 83.4 cm³/mol. The van der Waals surface area contributed by atoms with E-state index in [1.807, 2.05) is 13.8 Å². The van der Waals surface area contributed by atoms with E-state index in [2.05, 4.69) is 20.2 Å². The maximum absolute atomic E-state index is 6.15. The molecule has 2 saturated heterocycles. The molecule has 1 aromatic rings. The van der Waals surface area contributed by atoms with Crippen LogP contribution in [0.5, 0.6) is 5.88 Å². The summed E-state index contributed by atoms with van der Waals surface area (Å²) >= 11 is 0. The topological polar surface area (TPSA) is 76.3 Å². The molecule has 2 atom stereocenters. The number of rotatable bonds is 4. The van der Waals surface area contributed by atoms with Crippen molar-refractivity contribution in [1.82, 2.24) is 14.9 Å². The van der Waals surface area contributed by atoms with Gasteiger partial charge in [-0.2, -0.15) is 4.98 Å². The molecule has 6 heteroatoms. The van der Waals surface area contributed by atoms with Crippen LogP contribution in [-0.4, -0.2) is 46.1 Å². The largest absolute Gasteiger partial charge is 0.473 e. The van der Waals surface area contributed by atoms with Gasteiger partial charge in [0.2, 0.25) is 5.88 Å². The average Bonchev–Trinajstić information content (AvgIpc) is 2.86. The van der Waals surface area contributed by atoms with Crippen LogP contribution in [0.4, 0.5) is 11.5 Å². The molecular formula is C15H25N5O. The minimum absolute atomic E-state index is 0.0513. The first-order chi connectivity index (χ1) is 10.1. The maximum atomic E-state index is 6.15. The van der Waals surface area contributed by atoms with Gasteiger partial charge < -0.3 is 15.8 Å². The van der Waals surface area contributed by atoms with Crippen molar-refractivity contribution in [2.75, 3.05) is 24.1 Å². The van der Waals surface area contributed by atoms with Gasteiger partial charge in [0.1, 0.15) is 12.0 Å². The van der Waals surface area contributed by atoms with E-state index in [0.29, 0.717) is 29.5 Å². The molecule has 0 spiro atoms. The Morgan fingerprint density at radius 3 is 2.95 bits per heavy atom. The van der Waals surface area contributed by atoms with E-state index in [9.17, 15) is 0 Å². The molecule has 0 aliphatic carbocycles. The first-order valence-corrected chi connectivity index (χ1v) is 7.93. The second-order valence-electron chi connectivity index (χ2n) is 6.25. The number of nitrogens with two attached hydrogens (primary N) is 1. The van der Waals surface area contributed by atoms with Crippen molar-refractivity contribution >= 4 is 11.5 Å². The first-order valence-electron chi connectivity index (χ1n) is 7.93. The Bertz CT molecular complexity index is 493. The zero-order valence-corrected chi connectivity index (χ0v) is 12.9. The number of fused-ring (bicyclic) bond motifs is 1. The fourth-order valence-electron chi connectivity index (χ4n) is 3.40. The Labute approximate surface area is 126 Å². The highest BCUT2D eigenvalue weighted by Crippen LogP contribution is 2.32. The lowest BCUT2D eigenvalue weighted by molar-refractivity contribution is 0.192. The number of aromatic nitrogens is 2. The number of hydrogen-bond donors (Lipinski definition) is 2. The molecule has 21 heavy (non-hydrogen) atoms. The van der Waals surface area contributed by atoms with Crippen molar-refractivity contribution in [2.45, 2.75) is 57.7 Å². The number of hydrogen-bond acceptors (Lipinski definition) is 6. The summed E-state index contributed by atoms with van der Waals surface area (Å²) in [5.41, 5.74) is 6.67. The molecule has 2 aliphatic rings. The van der Waals surface area contributed by atoms with Gasteiger partial charge in [-0.15, -0.1) is 0 Å². The van der Waals surface area contributed by atoms with E-state index in [1.54, 1.807) is 0 Å². The van der Waals surface area contributed by atoms with Gasteiger partial charge in [0.05, 0.1) is 6.10 Å². The molecule has 2 unspecified atom stereocenters. The number of nitrogens with zero attached hydrogens (tertiary/aromatic N) is 3. The van der Waals surface area contributed by atoms with Gasteiger partial charge >= 0.3 is 0 Å². The molecular weight excluding hydrogens is 266 g/mol. The number of nitrogens with one attached hydrogen (secondary N) is 1. The summed E-state index contributed by atoms with van der Waals surface area (Å²) in [5, 5.41) is 3.52. The summed E-state index contributed by atoms with van der Waals surface area (Å²) in [7, 11) is 0. The van der Waals surface area contributed by atoms with Crippen LogP contribution in [-0.2, 0) is 0 Å². The van der Waals surface area contributed by atoms with Crippen LogP contribution in [0.1, 0.15) is 39.5 Å². The van der Waals surface area contributed by atoms with Crippen LogP contribution in [0.15, 0.2) is 6.33 Å². The number of piperidine rings is 1. The third-order valence-corrected chi connectivity index (χ3v) is 4.37. The normalized spacial score (nSPS) is 25.9. The van der Waals surface area contributed by atoms with E-state index in [4.69, 9.17) is 10.5 Å². The lowest BCUT2D eigenvalue weighted by atomic mass is 9.99. The Balaban J connectivity index is 1.73. The molecule has 116 valence electrons. The summed E-state index contributed by atoms with van der Waals surface area (Å²) < 4.78 is 5.63. The Kier molecular flexibility index (Phi) is 4.14. The van der Waals surface area contributed by atoms with Crippen molar-refractivity contribution in [3.63, 3.8) is 0 Å². The van der Waals surface area contributed by atoms with Crippen molar-refractivity contribution in [1.29, 1.82) is 0 Å². The molecule has 6 nitrogen and oxygen atoms in total. The van der Waals surface area contributed by atoms with Gasteiger partial charge in [0.25, 0.3) is 0 Å². The fourth-order valence-corrected chi connectivity index (χ4v) is 3.40. The van der Waals surface area contributed by atoms with E-state index in [0.717, 1.165) is 6.42 Å². The van der Waals surface area contributed by atoms with Crippen LogP contribution >= 0.6 is 0 Å². The fraction of sp³-hybridized carbons (Fsp3) is 0.733. The van der Waals surface area contributed by atoms with Crippen LogP contribution in [0.3, 0.4) is 0 Å². The molecule has 0 amide bonds. The lowest BCUT2D eigenvalue weighted by Crippen LogP contribution is -2.41. The molecule has 0 aromatic carbocycles. The van der Waals surface area contributed by atoms with Gasteiger partial charge in [0, 0.05) is 18.6 Å². The number of nitrogen functional groups attached to an aromatic ring is 1. The van der Waals surface area contributed by atoms with E-state index in [-0.39, 0.29) is 6.10 Å². The minimum Gasteiger partial charge on any atom is -0.473 e. The number of ether oxygens (including phenoxy) is 1. The van der Waals surface area contributed by atoms with Crippen molar-refractivity contribution in [3.05, 3.63) is 6.33 Å². The third kappa shape index (κ3) is 3.05. The molecule has 1 aromatic heterocycles. The molecule has 3 rings (SSSR count). The zero-order chi connectivity index (χ0) is 14.8. The zero-order valence-electron chi connectivity index (χ0n) is 12.9. The smallest absolute Gasteiger partial charge is 0.242 e. The Morgan fingerprint density at radius 2 is 2.14 bits per heavy atom. The van der Waals surface area contributed by atoms with Gasteiger partial charge in [-0.3, -0.25) is 4.90 Å². The SMILES string of the molecule is CC(C)Oc1ncnc(NC2CCN3CCCCC23)c1N. The molecule has 0 radical (unpaired) electrons. The lowest BCUT2D eigenvalue weighted by Gasteiger charge is -2.32. The van der Waals surface area contributed by atoms with Crippen LogP contribution in [0.2, 0.25) is 0 Å². The quantitative estimate of drug-likeness (QED) is 0.882. The predicted octanol–water partition coefficient (Wildman–Crippen LogP) is 1.88. The Morgan fingerprint density at radius 1 is 1.29 bits per heavy atom. The summed E-state index contributed by atoms with van der Waals surface area (Å²) in [4.78, 5) is 11.0. The second-order valence-corrected chi connectivity index (χ2v) is 6.25. The maximum Gasteiger partial charge on any atom is 0.242 e. The van der Waals surface area contributed by atoms with E-state index in [1.165, 1.54) is 38.7 Å². The second kappa shape index (κ2) is 6.05. The summed E-state index contributed by atoms with van der Waals surface area (Å²) in [6, 6.07) is 1.04. The molecule has 0 saturated carbocycles. The first kappa shape index (κ1) is 14.4. The van der Waals surface area contributed by atoms with Gasteiger partial charge in [0.15, 0.2) is 5.82 Å². The van der Waals surface area contributed by atoms with E-state index < -0.39 is 0 Å². The van der Waals surface area contributed by atoms with Crippen LogP contribution < -0.4 is 15.8 Å². The number of anilines is 2. The molecule has 3 heterocycles. The van der Waals surface area contributed by atoms with Crippen LogP contribution in [0, 0.1) is 0 Å². The highest BCUT2D eigenvalue weighted by atomic mass is 16.5. The summed E-state index contributed by atoms with van der Waals surface area (Å²) in [5.74, 6) is 1.18. The van der Waals surface area contributed by atoms with Crippen molar-refractivity contribution in [2.24, 2.45) is 0 Å². The highest BCUT2D eigenvalue weighted by Gasteiger charge is 2.35. The van der Waals surface area contributed by atoms with Crippen molar-refractivity contribution < 1.29 is 4.74 Å². The highest BCUT2D eigenvalue weighted by molar-refractivity contribution is 5.66. The average molecular weight is 291 g/mol. The van der Waals surface area contributed by atoms with Gasteiger partial charge in [-0.1, -0.05) is 6.42 Å². The standard InChI is InChI=1S/C15H25N5O/c1-10(2)21-15-13(16)14(17-9-18-15)19-11-6-8-20-7-4-3-5-12(11)20/h9-12H,3-8,16H2,1-2H3,(H,17,18,19). The van der Waals surface area contributed by atoms with E-state index >= 15 is 0 Å². The summed E-state index contributed by atoms with van der Waals surface area (Å²) in [6.45, 7) is 6.32. The third-order valence-electron chi connectivity index (χ3n) is 4.37. The Hall–Kier alpha value is -1.56. The monoisotopic (exact) mass is 291 g/mol. The minimum atomic E-state index is 0.0513. The van der Waals surface area contributed by atoms with Crippen LogP contribution in [0.25, 0.3) is 0 Å². The van der Waals surface area contributed by atoms with Gasteiger partial charge in [-0.25, -0.2) is 4.98 Å². The van der Waals surface area contributed by atoms with Gasteiger partial charge in [-0.05, 0) is 39.7 Å². The van der Waals surface area contributed by atoms with Crippen molar-refractivity contribution in [3.8, 4) is 5.88 Å². The molecule has 3 N–H and O–H groups in total. The molecule has 2 aliphatic heterocycles. The summed E-state index contributed by atoms with van der Waals surface area (Å²) in [6.07, 6.45) is 6.62.